The third kappa shape index (κ3) is 5.18. The third-order valence-corrected chi connectivity index (χ3v) is 3.07. The van der Waals surface area contributed by atoms with Gasteiger partial charge in [-0.1, -0.05) is 0 Å². The van der Waals surface area contributed by atoms with Gasteiger partial charge in [-0.2, -0.15) is 5.10 Å². The van der Waals surface area contributed by atoms with E-state index >= 15 is 0 Å². The molecule has 2 rings (SSSR count). The number of furan rings is 1. The number of hydrogen-bond donors (Lipinski definition) is 2. The fraction of sp³-hybridized carbons (Fsp3) is 0.294. The average molecular weight is 315 g/mol. The lowest BCUT2D eigenvalue weighted by atomic mass is 10.2. The average Bonchev–Trinajstić information content (AvgIpc) is 2.95. The van der Waals surface area contributed by atoms with Crippen molar-refractivity contribution in [3.63, 3.8) is 0 Å². The fourth-order valence-electron chi connectivity index (χ4n) is 1.91. The number of hydrogen-bond acceptors (Lipinski definition) is 5. The van der Waals surface area contributed by atoms with E-state index in [1.54, 1.807) is 13.0 Å². The predicted octanol–water partition coefficient (Wildman–Crippen LogP) is 2.94. The fourth-order valence-corrected chi connectivity index (χ4v) is 1.91. The Morgan fingerprint density at radius 2 is 2.04 bits per heavy atom. The molecule has 0 spiro atoms. The number of nitrogens with one attached hydrogen (secondary N) is 2. The van der Waals surface area contributed by atoms with Crippen LogP contribution in [0.4, 0.5) is 5.69 Å². The number of nitrogens with zero attached hydrogens (tertiary/aromatic N) is 1. The Hall–Kier alpha value is -2.76. The zero-order valence-corrected chi connectivity index (χ0v) is 13.5. The number of hydrazone groups is 1. The second-order valence-corrected chi connectivity index (χ2v) is 5.01. The topological polar surface area (TPSA) is 75.9 Å². The quantitative estimate of drug-likeness (QED) is 0.608. The largest absolute Gasteiger partial charge is 0.494 e. The van der Waals surface area contributed by atoms with Gasteiger partial charge < -0.3 is 14.5 Å². The van der Waals surface area contributed by atoms with E-state index in [0.717, 1.165) is 17.2 Å². The molecule has 0 aliphatic carbocycles. The number of benzene rings is 1. The normalized spacial score (nSPS) is 12.1. The molecule has 1 amide bonds. The number of aryl methyl sites for hydroxylation is 1. The van der Waals surface area contributed by atoms with E-state index in [-0.39, 0.29) is 5.91 Å². The van der Waals surface area contributed by atoms with E-state index in [9.17, 15) is 4.79 Å². The van der Waals surface area contributed by atoms with Crippen molar-refractivity contribution >= 4 is 17.8 Å². The van der Waals surface area contributed by atoms with Gasteiger partial charge in [0.2, 0.25) is 0 Å². The van der Waals surface area contributed by atoms with Crippen molar-refractivity contribution in [1.82, 2.24) is 5.43 Å². The van der Waals surface area contributed by atoms with Gasteiger partial charge in [-0.05, 0) is 57.2 Å². The summed E-state index contributed by atoms with van der Waals surface area (Å²) < 4.78 is 10.7. The van der Waals surface area contributed by atoms with Crippen LogP contribution in [0.25, 0.3) is 0 Å². The molecule has 0 saturated heterocycles. The zero-order valence-electron chi connectivity index (χ0n) is 13.5. The minimum Gasteiger partial charge on any atom is -0.494 e. The Morgan fingerprint density at radius 3 is 2.65 bits per heavy atom. The summed E-state index contributed by atoms with van der Waals surface area (Å²) in [5, 5.41) is 6.98. The molecule has 0 aliphatic rings. The summed E-state index contributed by atoms with van der Waals surface area (Å²) in [6.45, 7) is 6.17. The van der Waals surface area contributed by atoms with Gasteiger partial charge in [0.15, 0.2) is 0 Å². The Labute approximate surface area is 135 Å². The van der Waals surface area contributed by atoms with Gasteiger partial charge in [-0.25, -0.2) is 5.43 Å². The van der Waals surface area contributed by atoms with Crippen LogP contribution in [0.15, 0.2) is 45.9 Å². The lowest BCUT2D eigenvalue weighted by Crippen LogP contribution is -2.34. The highest BCUT2D eigenvalue weighted by Gasteiger charge is 2.11. The highest BCUT2D eigenvalue weighted by atomic mass is 16.5. The molecule has 23 heavy (non-hydrogen) atoms. The van der Waals surface area contributed by atoms with Crippen LogP contribution in [0.3, 0.4) is 0 Å². The van der Waals surface area contributed by atoms with Crippen LogP contribution in [0.1, 0.15) is 25.4 Å². The van der Waals surface area contributed by atoms with Crippen molar-refractivity contribution in [3.8, 4) is 5.75 Å². The van der Waals surface area contributed by atoms with Crippen LogP contribution in [0.2, 0.25) is 0 Å². The summed E-state index contributed by atoms with van der Waals surface area (Å²) in [6, 6.07) is 10.6. The monoisotopic (exact) mass is 315 g/mol. The van der Waals surface area contributed by atoms with Crippen LogP contribution in [0.5, 0.6) is 5.75 Å². The number of rotatable bonds is 7. The lowest BCUT2D eigenvalue weighted by molar-refractivity contribution is -0.121. The van der Waals surface area contributed by atoms with Crippen molar-refractivity contribution in [2.24, 2.45) is 5.10 Å². The molecule has 0 saturated carbocycles. The Kier molecular flexibility index (Phi) is 5.80. The number of carbonyl (C=O) groups excluding carboxylic acids is 1. The summed E-state index contributed by atoms with van der Waals surface area (Å²) in [4.78, 5) is 12.0. The smallest absolute Gasteiger partial charge is 0.262 e. The van der Waals surface area contributed by atoms with Gasteiger partial charge in [-0.15, -0.1) is 0 Å². The molecule has 1 aromatic carbocycles. The molecule has 0 aliphatic heterocycles. The molecule has 1 aromatic heterocycles. The first-order valence-corrected chi connectivity index (χ1v) is 7.47. The van der Waals surface area contributed by atoms with Crippen LogP contribution in [-0.4, -0.2) is 24.8 Å². The van der Waals surface area contributed by atoms with Gasteiger partial charge in [0.25, 0.3) is 5.91 Å². The minimum absolute atomic E-state index is 0.238. The predicted molar refractivity (Wildman–Crippen MR) is 89.9 cm³/mol. The summed E-state index contributed by atoms with van der Waals surface area (Å²) in [5.74, 6) is 1.95. The van der Waals surface area contributed by atoms with Crippen molar-refractivity contribution < 1.29 is 13.9 Å². The summed E-state index contributed by atoms with van der Waals surface area (Å²) in [5.41, 5.74) is 3.31. The molecular formula is C17H21N3O3. The summed E-state index contributed by atoms with van der Waals surface area (Å²) in [6.07, 6.45) is 1.47. The molecule has 2 N–H and O–H groups in total. The maximum atomic E-state index is 12.0. The van der Waals surface area contributed by atoms with Crippen LogP contribution in [-0.2, 0) is 4.79 Å². The first-order valence-electron chi connectivity index (χ1n) is 7.47. The molecule has 6 nitrogen and oxygen atoms in total. The Morgan fingerprint density at radius 1 is 1.30 bits per heavy atom. The SMILES string of the molecule is CCOc1ccc(N[C@H](C)C(=O)N/N=C\c2ccc(C)o2)cc1. The zero-order chi connectivity index (χ0) is 16.7. The van der Waals surface area contributed by atoms with E-state index in [4.69, 9.17) is 9.15 Å². The number of amides is 1. The molecule has 0 unspecified atom stereocenters. The van der Waals surface area contributed by atoms with Crippen LogP contribution < -0.4 is 15.5 Å². The standard InChI is InChI=1S/C17H21N3O3/c1-4-22-15-9-6-14(7-10-15)19-13(3)17(21)20-18-11-16-8-5-12(2)23-16/h5-11,13,19H,4H2,1-3H3,(H,20,21)/b18-11-/t13-/m1/s1. The van der Waals surface area contributed by atoms with Crippen molar-refractivity contribution in [3.05, 3.63) is 47.9 Å². The van der Waals surface area contributed by atoms with E-state index in [0.29, 0.717) is 12.4 Å². The van der Waals surface area contributed by atoms with Crippen molar-refractivity contribution in [2.45, 2.75) is 26.8 Å². The number of anilines is 1. The van der Waals surface area contributed by atoms with Crippen molar-refractivity contribution in [2.75, 3.05) is 11.9 Å². The first-order chi connectivity index (χ1) is 11.1. The van der Waals surface area contributed by atoms with Gasteiger partial charge in [0, 0.05) is 5.69 Å². The van der Waals surface area contributed by atoms with E-state index in [1.165, 1.54) is 6.21 Å². The highest BCUT2D eigenvalue weighted by molar-refractivity contribution is 5.85. The van der Waals surface area contributed by atoms with Crippen LogP contribution in [0, 0.1) is 6.92 Å². The number of ether oxygens (including phenoxy) is 1. The van der Waals surface area contributed by atoms with E-state index in [1.807, 2.05) is 44.2 Å². The van der Waals surface area contributed by atoms with E-state index < -0.39 is 6.04 Å². The molecule has 6 heteroatoms. The third-order valence-electron chi connectivity index (χ3n) is 3.07. The highest BCUT2D eigenvalue weighted by Crippen LogP contribution is 2.16. The Bertz CT molecular complexity index is 662. The second-order valence-electron chi connectivity index (χ2n) is 5.01. The molecule has 0 radical (unpaired) electrons. The molecule has 0 bridgehead atoms. The number of carbonyl (C=O) groups is 1. The van der Waals surface area contributed by atoms with Crippen molar-refractivity contribution in [1.29, 1.82) is 0 Å². The van der Waals surface area contributed by atoms with Gasteiger partial charge >= 0.3 is 0 Å². The Balaban J connectivity index is 1.83. The molecule has 1 heterocycles. The van der Waals surface area contributed by atoms with Gasteiger partial charge in [-0.3, -0.25) is 4.79 Å². The van der Waals surface area contributed by atoms with Gasteiger partial charge in [0.1, 0.15) is 23.3 Å². The molecule has 122 valence electrons. The van der Waals surface area contributed by atoms with E-state index in [2.05, 4.69) is 15.8 Å². The lowest BCUT2D eigenvalue weighted by Gasteiger charge is -2.13. The molecule has 1 atom stereocenters. The minimum atomic E-state index is -0.427. The first kappa shape index (κ1) is 16.6. The summed E-state index contributed by atoms with van der Waals surface area (Å²) >= 11 is 0. The maximum Gasteiger partial charge on any atom is 0.262 e. The molecular weight excluding hydrogens is 294 g/mol. The second kappa shape index (κ2) is 8.03. The van der Waals surface area contributed by atoms with Gasteiger partial charge in [0.05, 0.1) is 12.8 Å². The molecule has 2 aromatic rings. The molecule has 0 fully saturated rings. The van der Waals surface area contributed by atoms with Crippen LogP contribution >= 0.6 is 0 Å². The summed E-state index contributed by atoms with van der Waals surface area (Å²) in [7, 11) is 0. The maximum absolute atomic E-state index is 12.0.